The maximum Gasteiger partial charge on any atom is 0.472 e. The first-order chi connectivity index (χ1) is 11.6. The van der Waals surface area contributed by atoms with E-state index in [9.17, 15) is 14.3 Å². The van der Waals surface area contributed by atoms with Crippen LogP contribution in [0.2, 0.25) is 0 Å². The van der Waals surface area contributed by atoms with Crippen molar-refractivity contribution < 1.29 is 23.3 Å². The minimum atomic E-state index is -3.86. The molecule has 6 heteroatoms. The number of phosphoric ester groups is 1. The largest absolute Gasteiger partial charge is 0.472 e. The standard InChI is InChI=1S/C18H35O5P/c19-18-14-10-6-2-1-4-8-12-16-22-24(20,21)23-17-13-9-5-3-7-11-15-18/h1-17H2,(H,20,21). The van der Waals surface area contributed by atoms with Crippen LogP contribution in [0.15, 0.2) is 0 Å². The van der Waals surface area contributed by atoms with Gasteiger partial charge in [0.15, 0.2) is 0 Å². The first kappa shape index (κ1) is 21.8. The smallest absolute Gasteiger partial charge is 0.302 e. The Morgan fingerprint density at radius 2 is 0.958 bits per heavy atom. The van der Waals surface area contributed by atoms with Gasteiger partial charge in [-0.1, -0.05) is 57.8 Å². The third-order valence-electron chi connectivity index (χ3n) is 4.46. The molecule has 0 aromatic heterocycles. The lowest BCUT2D eigenvalue weighted by atomic mass is 10.0. The maximum absolute atomic E-state index is 11.8. The van der Waals surface area contributed by atoms with E-state index in [0.29, 0.717) is 5.78 Å². The Bertz CT molecular complexity index is 372. The summed E-state index contributed by atoms with van der Waals surface area (Å²) >= 11 is 0. The molecule has 1 unspecified atom stereocenters. The van der Waals surface area contributed by atoms with Crippen LogP contribution in [0.3, 0.4) is 0 Å². The highest BCUT2D eigenvalue weighted by molar-refractivity contribution is 7.47. The fourth-order valence-corrected chi connectivity index (χ4v) is 3.76. The van der Waals surface area contributed by atoms with Gasteiger partial charge in [-0.05, 0) is 25.7 Å². The van der Waals surface area contributed by atoms with Crippen LogP contribution in [0, 0.1) is 0 Å². The van der Waals surface area contributed by atoms with Crippen molar-refractivity contribution in [3.63, 3.8) is 0 Å². The van der Waals surface area contributed by atoms with Crippen LogP contribution in [0.25, 0.3) is 0 Å². The summed E-state index contributed by atoms with van der Waals surface area (Å²) in [6.45, 7) is 0.550. The van der Waals surface area contributed by atoms with Crippen molar-refractivity contribution in [1.29, 1.82) is 0 Å². The molecule has 1 aliphatic rings. The summed E-state index contributed by atoms with van der Waals surface area (Å²) in [6.07, 6.45) is 14.9. The molecule has 1 fully saturated rings. The predicted molar refractivity (Wildman–Crippen MR) is 96.0 cm³/mol. The normalized spacial score (nSPS) is 28.8. The van der Waals surface area contributed by atoms with Gasteiger partial charge in [0.25, 0.3) is 0 Å². The summed E-state index contributed by atoms with van der Waals surface area (Å²) in [7, 11) is -3.86. The average Bonchev–Trinajstić information content (AvgIpc) is 2.54. The Hall–Kier alpha value is -0.220. The molecule has 1 aliphatic heterocycles. The molecule has 0 amide bonds. The average molecular weight is 362 g/mol. The Morgan fingerprint density at radius 1 is 0.625 bits per heavy atom. The van der Waals surface area contributed by atoms with Crippen molar-refractivity contribution in [1.82, 2.24) is 0 Å². The summed E-state index contributed by atoms with van der Waals surface area (Å²) in [5.41, 5.74) is 0. The first-order valence-corrected chi connectivity index (χ1v) is 11.2. The van der Waals surface area contributed by atoms with Gasteiger partial charge >= 0.3 is 7.82 Å². The summed E-state index contributed by atoms with van der Waals surface area (Å²) in [6, 6.07) is 0. The van der Waals surface area contributed by atoms with Gasteiger partial charge in [0, 0.05) is 12.8 Å². The van der Waals surface area contributed by atoms with E-state index >= 15 is 0 Å². The number of ketones is 1. The maximum atomic E-state index is 11.8. The van der Waals surface area contributed by atoms with Gasteiger partial charge in [-0.2, -0.15) is 0 Å². The van der Waals surface area contributed by atoms with Crippen LogP contribution in [0.4, 0.5) is 0 Å². The molecule has 0 radical (unpaired) electrons. The molecule has 1 N–H and O–H groups in total. The Labute approximate surface area is 147 Å². The molecule has 1 saturated heterocycles. The third kappa shape index (κ3) is 13.1. The summed E-state index contributed by atoms with van der Waals surface area (Å²) < 4.78 is 21.7. The van der Waals surface area contributed by atoms with Crippen LogP contribution >= 0.6 is 7.82 Å². The van der Waals surface area contributed by atoms with E-state index in [4.69, 9.17) is 9.05 Å². The highest BCUT2D eigenvalue weighted by Crippen LogP contribution is 2.43. The monoisotopic (exact) mass is 362 g/mol. The predicted octanol–water partition coefficient (Wildman–Crippen LogP) is 5.55. The van der Waals surface area contributed by atoms with E-state index in [0.717, 1.165) is 96.3 Å². The van der Waals surface area contributed by atoms with Crippen molar-refractivity contribution in [2.45, 2.75) is 96.3 Å². The van der Waals surface area contributed by atoms with Gasteiger partial charge in [-0.3, -0.25) is 13.8 Å². The van der Waals surface area contributed by atoms with Gasteiger partial charge in [0.1, 0.15) is 5.78 Å². The Kier molecular flexibility index (Phi) is 12.7. The molecule has 0 aromatic carbocycles. The molecule has 5 nitrogen and oxygen atoms in total. The highest BCUT2D eigenvalue weighted by atomic mass is 31.2. The zero-order valence-electron chi connectivity index (χ0n) is 15.0. The summed E-state index contributed by atoms with van der Waals surface area (Å²) in [4.78, 5) is 21.3. The minimum absolute atomic E-state index is 0.270. The van der Waals surface area contributed by atoms with Crippen LogP contribution in [0.5, 0.6) is 0 Å². The summed E-state index contributed by atoms with van der Waals surface area (Å²) in [5, 5.41) is 0. The van der Waals surface area contributed by atoms with Crippen LogP contribution in [-0.4, -0.2) is 23.9 Å². The molecule has 0 saturated carbocycles. The zero-order chi connectivity index (χ0) is 17.5. The van der Waals surface area contributed by atoms with Crippen LogP contribution in [-0.2, 0) is 18.4 Å². The second kappa shape index (κ2) is 14.0. The molecular formula is C18H35O5P. The number of Topliss-reactive ketones (excluding diaryl/α,β-unsaturated/α-hetero) is 1. The quantitative estimate of drug-likeness (QED) is 0.572. The molecule has 0 aromatic rings. The van der Waals surface area contributed by atoms with Crippen molar-refractivity contribution in [3.8, 4) is 0 Å². The van der Waals surface area contributed by atoms with E-state index in [-0.39, 0.29) is 13.2 Å². The molecule has 24 heavy (non-hydrogen) atoms. The van der Waals surface area contributed by atoms with Gasteiger partial charge in [-0.15, -0.1) is 0 Å². The van der Waals surface area contributed by atoms with Gasteiger partial charge in [0.2, 0.25) is 0 Å². The topological polar surface area (TPSA) is 72.8 Å². The molecule has 1 heterocycles. The molecule has 0 bridgehead atoms. The van der Waals surface area contributed by atoms with E-state index in [1.165, 1.54) is 0 Å². The number of carbonyl (C=O) groups is 1. The highest BCUT2D eigenvalue weighted by Gasteiger charge is 2.19. The Morgan fingerprint density at radius 3 is 1.38 bits per heavy atom. The first-order valence-electron chi connectivity index (χ1n) is 9.74. The van der Waals surface area contributed by atoms with E-state index in [1.54, 1.807) is 0 Å². The number of carbonyl (C=O) groups excluding carboxylic acids is 1. The van der Waals surface area contributed by atoms with Crippen molar-refractivity contribution in [2.24, 2.45) is 0 Å². The number of rotatable bonds is 0. The second-order valence-electron chi connectivity index (χ2n) is 6.77. The van der Waals surface area contributed by atoms with Gasteiger partial charge in [-0.25, -0.2) is 4.57 Å². The van der Waals surface area contributed by atoms with E-state index < -0.39 is 7.82 Å². The Balaban J connectivity index is 2.25. The lowest BCUT2D eigenvalue weighted by Gasteiger charge is -2.12. The van der Waals surface area contributed by atoms with Crippen LogP contribution < -0.4 is 0 Å². The lowest BCUT2D eigenvalue weighted by molar-refractivity contribution is -0.119. The number of hydrogen-bond acceptors (Lipinski definition) is 4. The SMILES string of the molecule is O=C1CCCCCCCCCOP(=O)(O)OCCCCCCCC1. The molecule has 1 atom stereocenters. The van der Waals surface area contributed by atoms with Crippen molar-refractivity contribution in [2.75, 3.05) is 13.2 Å². The van der Waals surface area contributed by atoms with E-state index in [2.05, 4.69) is 0 Å². The zero-order valence-corrected chi connectivity index (χ0v) is 15.9. The molecule has 0 spiro atoms. The van der Waals surface area contributed by atoms with Gasteiger partial charge < -0.3 is 4.89 Å². The lowest BCUT2D eigenvalue weighted by Crippen LogP contribution is -1.99. The molecular weight excluding hydrogens is 327 g/mol. The number of phosphoric acid groups is 1. The number of hydrogen-bond donors (Lipinski definition) is 1. The third-order valence-corrected chi connectivity index (χ3v) is 5.48. The van der Waals surface area contributed by atoms with Crippen LogP contribution in [0.1, 0.15) is 96.3 Å². The van der Waals surface area contributed by atoms with Gasteiger partial charge in [0.05, 0.1) is 13.2 Å². The fourth-order valence-electron chi connectivity index (χ4n) is 2.96. The summed E-state index contributed by atoms with van der Waals surface area (Å²) in [5.74, 6) is 0.421. The molecule has 142 valence electrons. The van der Waals surface area contributed by atoms with Crippen molar-refractivity contribution >= 4 is 13.6 Å². The fraction of sp³-hybridized carbons (Fsp3) is 0.944. The van der Waals surface area contributed by atoms with E-state index in [1.807, 2.05) is 0 Å². The molecule has 1 rings (SSSR count). The van der Waals surface area contributed by atoms with Crippen molar-refractivity contribution in [3.05, 3.63) is 0 Å². The second-order valence-corrected chi connectivity index (χ2v) is 8.22. The molecule has 0 aliphatic carbocycles. The minimum Gasteiger partial charge on any atom is -0.302 e.